The molecule has 0 bridgehead atoms. The summed E-state index contributed by atoms with van der Waals surface area (Å²) in [6.45, 7) is 9.22. The molecule has 1 aliphatic carbocycles. The zero-order chi connectivity index (χ0) is 21.1. The van der Waals surface area contributed by atoms with E-state index in [1.54, 1.807) is 0 Å². The van der Waals surface area contributed by atoms with E-state index in [9.17, 15) is 4.79 Å². The predicted molar refractivity (Wildman–Crippen MR) is 125 cm³/mol. The van der Waals surface area contributed by atoms with Gasteiger partial charge in [0.15, 0.2) is 0 Å². The molecular formula is C26H33N3O. The first-order valence-corrected chi connectivity index (χ1v) is 11.4. The second-order valence-electron chi connectivity index (χ2n) is 8.30. The van der Waals surface area contributed by atoms with Gasteiger partial charge in [0.25, 0.3) is 5.91 Å². The van der Waals surface area contributed by atoms with E-state index in [4.69, 9.17) is 0 Å². The average Bonchev–Trinajstić information content (AvgIpc) is 3.28. The van der Waals surface area contributed by atoms with Gasteiger partial charge in [-0.15, -0.1) is 0 Å². The smallest absolute Gasteiger partial charge is 0.251 e. The maximum absolute atomic E-state index is 12.5. The van der Waals surface area contributed by atoms with Crippen LogP contribution in [0.15, 0.2) is 54.6 Å². The SMILES string of the molecule is CCCNC(=O)c1ccc2c(c1)C1C=CCC1C(c1ccc(N(CC)CC)cc1)N2. The Morgan fingerprint density at radius 2 is 1.87 bits per heavy atom. The Balaban J connectivity index is 1.60. The molecular weight excluding hydrogens is 370 g/mol. The van der Waals surface area contributed by atoms with E-state index in [1.165, 1.54) is 16.8 Å². The Morgan fingerprint density at radius 3 is 2.57 bits per heavy atom. The summed E-state index contributed by atoms with van der Waals surface area (Å²) in [4.78, 5) is 14.8. The number of amides is 1. The van der Waals surface area contributed by atoms with E-state index < -0.39 is 0 Å². The van der Waals surface area contributed by atoms with Crippen LogP contribution in [0.4, 0.5) is 11.4 Å². The minimum absolute atomic E-state index is 0.0206. The monoisotopic (exact) mass is 403 g/mol. The van der Waals surface area contributed by atoms with Crippen LogP contribution in [0.2, 0.25) is 0 Å². The highest BCUT2D eigenvalue weighted by Gasteiger charge is 2.38. The molecule has 30 heavy (non-hydrogen) atoms. The molecule has 4 nitrogen and oxygen atoms in total. The van der Waals surface area contributed by atoms with Gasteiger partial charge < -0.3 is 15.5 Å². The second-order valence-corrected chi connectivity index (χ2v) is 8.30. The average molecular weight is 404 g/mol. The number of carbonyl (C=O) groups is 1. The van der Waals surface area contributed by atoms with Crippen molar-refractivity contribution in [1.29, 1.82) is 0 Å². The molecule has 0 saturated carbocycles. The molecule has 3 atom stereocenters. The lowest BCUT2D eigenvalue weighted by atomic mass is 9.76. The molecule has 4 heteroatoms. The van der Waals surface area contributed by atoms with Crippen molar-refractivity contribution >= 4 is 17.3 Å². The molecule has 0 spiro atoms. The molecule has 0 radical (unpaired) electrons. The number of allylic oxidation sites excluding steroid dienone is 2. The highest BCUT2D eigenvalue weighted by atomic mass is 16.1. The van der Waals surface area contributed by atoms with Crippen LogP contribution < -0.4 is 15.5 Å². The third-order valence-corrected chi connectivity index (χ3v) is 6.54. The molecule has 1 aliphatic heterocycles. The lowest BCUT2D eigenvalue weighted by Gasteiger charge is -2.38. The molecule has 2 aromatic carbocycles. The summed E-state index contributed by atoms with van der Waals surface area (Å²) in [6, 6.07) is 15.4. The minimum atomic E-state index is 0.0206. The van der Waals surface area contributed by atoms with Crippen molar-refractivity contribution in [3.63, 3.8) is 0 Å². The summed E-state index contributed by atoms with van der Waals surface area (Å²) in [5.41, 5.74) is 5.76. The normalized spacial score (nSPS) is 21.5. The molecule has 0 fully saturated rings. The Morgan fingerprint density at radius 1 is 1.10 bits per heavy atom. The molecule has 4 rings (SSSR count). The number of anilines is 2. The number of benzene rings is 2. The van der Waals surface area contributed by atoms with Crippen molar-refractivity contribution in [2.45, 2.75) is 45.6 Å². The quantitative estimate of drug-likeness (QED) is 0.600. The van der Waals surface area contributed by atoms with Crippen LogP contribution in [0, 0.1) is 5.92 Å². The lowest BCUT2D eigenvalue weighted by molar-refractivity contribution is 0.0953. The van der Waals surface area contributed by atoms with Gasteiger partial charge in [-0.1, -0.05) is 31.2 Å². The number of hydrogen-bond donors (Lipinski definition) is 2. The van der Waals surface area contributed by atoms with Crippen LogP contribution in [-0.4, -0.2) is 25.5 Å². The first-order chi connectivity index (χ1) is 14.7. The van der Waals surface area contributed by atoms with Gasteiger partial charge in [0.05, 0.1) is 6.04 Å². The summed E-state index contributed by atoms with van der Waals surface area (Å²) < 4.78 is 0. The Bertz CT molecular complexity index is 914. The van der Waals surface area contributed by atoms with Crippen molar-refractivity contribution in [3.05, 3.63) is 71.3 Å². The van der Waals surface area contributed by atoms with Gasteiger partial charge in [-0.2, -0.15) is 0 Å². The van der Waals surface area contributed by atoms with Gasteiger partial charge in [0, 0.05) is 42.5 Å². The third kappa shape index (κ3) is 3.83. The first-order valence-electron chi connectivity index (χ1n) is 11.4. The van der Waals surface area contributed by atoms with Crippen LogP contribution in [0.1, 0.15) is 67.1 Å². The molecule has 0 saturated heterocycles. The van der Waals surface area contributed by atoms with Crippen LogP contribution in [0.3, 0.4) is 0 Å². The Hall–Kier alpha value is -2.75. The van der Waals surface area contributed by atoms with Crippen LogP contribution in [0.5, 0.6) is 0 Å². The summed E-state index contributed by atoms with van der Waals surface area (Å²) in [5, 5.41) is 6.78. The number of hydrogen-bond acceptors (Lipinski definition) is 3. The van der Waals surface area contributed by atoms with E-state index in [2.05, 4.69) is 84.9 Å². The van der Waals surface area contributed by atoms with Crippen LogP contribution in [-0.2, 0) is 0 Å². The van der Waals surface area contributed by atoms with E-state index >= 15 is 0 Å². The van der Waals surface area contributed by atoms with Gasteiger partial charge in [-0.3, -0.25) is 4.79 Å². The Kier molecular flexibility index (Phi) is 6.12. The summed E-state index contributed by atoms with van der Waals surface area (Å²) in [5.74, 6) is 0.852. The molecule has 158 valence electrons. The standard InChI is InChI=1S/C26H33N3O/c1-4-16-27-26(30)19-12-15-24-23(17-19)21-8-7-9-22(21)25(28-24)18-10-13-20(14-11-18)29(5-2)6-3/h7-8,10-15,17,21-22,25,28H,4-6,9,16H2,1-3H3,(H,27,30). The highest BCUT2D eigenvalue weighted by Crippen LogP contribution is 2.50. The highest BCUT2D eigenvalue weighted by molar-refractivity contribution is 5.95. The number of carbonyl (C=O) groups excluding carboxylic acids is 1. The van der Waals surface area contributed by atoms with Gasteiger partial charge >= 0.3 is 0 Å². The van der Waals surface area contributed by atoms with E-state index in [1.807, 2.05) is 6.07 Å². The third-order valence-electron chi connectivity index (χ3n) is 6.54. The number of rotatable bonds is 7. The van der Waals surface area contributed by atoms with Gasteiger partial charge in [0.2, 0.25) is 0 Å². The number of nitrogens with zero attached hydrogens (tertiary/aromatic N) is 1. The summed E-state index contributed by atoms with van der Waals surface area (Å²) in [7, 11) is 0. The maximum Gasteiger partial charge on any atom is 0.251 e. The molecule has 2 aliphatic rings. The Labute approximate surface area is 180 Å². The van der Waals surface area contributed by atoms with Gasteiger partial charge in [0.1, 0.15) is 0 Å². The van der Waals surface area contributed by atoms with Crippen LogP contribution in [0.25, 0.3) is 0 Å². The lowest BCUT2D eigenvalue weighted by Crippen LogP contribution is -2.30. The van der Waals surface area contributed by atoms with E-state index in [0.29, 0.717) is 18.4 Å². The fourth-order valence-electron chi connectivity index (χ4n) is 4.89. The minimum Gasteiger partial charge on any atom is -0.378 e. The fraction of sp³-hybridized carbons (Fsp3) is 0.423. The molecule has 2 N–H and O–H groups in total. The predicted octanol–water partition coefficient (Wildman–Crippen LogP) is 5.50. The molecule has 1 amide bonds. The van der Waals surface area contributed by atoms with Crippen molar-refractivity contribution < 1.29 is 4.79 Å². The first kappa shape index (κ1) is 20.5. The van der Waals surface area contributed by atoms with Gasteiger partial charge in [-0.25, -0.2) is 0 Å². The summed E-state index contributed by atoms with van der Waals surface area (Å²) >= 11 is 0. The van der Waals surface area contributed by atoms with Crippen molar-refractivity contribution in [3.8, 4) is 0 Å². The summed E-state index contributed by atoms with van der Waals surface area (Å²) in [6.07, 6.45) is 6.63. The molecule has 2 aromatic rings. The van der Waals surface area contributed by atoms with E-state index in [0.717, 1.165) is 37.2 Å². The maximum atomic E-state index is 12.5. The molecule has 0 aromatic heterocycles. The van der Waals surface area contributed by atoms with Crippen molar-refractivity contribution in [2.75, 3.05) is 29.9 Å². The van der Waals surface area contributed by atoms with Crippen LogP contribution >= 0.6 is 0 Å². The van der Waals surface area contributed by atoms with Crippen molar-refractivity contribution in [1.82, 2.24) is 5.32 Å². The zero-order valence-electron chi connectivity index (χ0n) is 18.3. The fourth-order valence-corrected chi connectivity index (χ4v) is 4.89. The number of fused-ring (bicyclic) bond motifs is 3. The topological polar surface area (TPSA) is 44.4 Å². The zero-order valence-corrected chi connectivity index (χ0v) is 18.3. The van der Waals surface area contributed by atoms with E-state index in [-0.39, 0.29) is 11.9 Å². The second kappa shape index (κ2) is 8.95. The van der Waals surface area contributed by atoms with Gasteiger partial charge in [-0.05, 0) is 74.1 Å². The molecule has 1 heterocycles. The largest absolute Gasteiger partial charge is 0.378 e. The number of nitrogens with one attached hydrogen (secondary N) is 2. The van der Waals surface area contributed by atoms with Crippen molar-refractivity contribution in [2.24, 2.45) is 5.92 Å². The molecule has 3 unspecified atom stereocenters.